The van der Waals surface area contributed by atoms with Gasteiger partial charge in [0.1, 0.15) is 6.04 Å². The van der Waals surface area contributed by atoms with Crippen molar-refractivity contribution in [2.75, 3.05) is 6.61 Å². The van der Waals surface area contributed by atoms with E-state index in [1.54, 1.807) is 13.8 Å². The molecule has 0 saturated heterocycles. The number of rotatable bonds is 7. The Morgan fingerprint density at radius 1 is 1.04 bits per heavy atom. The van der Waals surface area contributed by atoms with Crippen LogP contribution in [0.2, 0.25) is 0 Å². The first-order valence-electron chi connectivity index (χ1n) is 9.37. The molecule has 1 aliphatic rings. The molecule has 0 heterocycles. The minimum Gasteiger partial charge on any atom is -0.466 e. The predicted octanol–water partition coefficient (Wildman–Crippen LogP) is 2.36. The van der Waals surface area contributed by atoms with Crippen LogP contribution in [0.3, 0.4) is 0 Å². The summed E-state index contributed by atoms with van der Waals surface area (Å²) < 4.78 is 4.94. The molecule has 0 aliphatic heterocycles. The average Bonchev–Trinajstić information content (AvgIpc) is 3.00. The number of carbonyl (C=O) groups excluding carboxylic acids is 3. The molecule has 146 valence electrons. The summed E-state index contributed by atoms with van der Waals surface area (Å²) in [5.41, 5.74) is 9.32. The van der Waals surface area contributed by atoms with E-state index in [9.17, 15) is 14.4 Å². The zero-order valence-electron chi connectivity index (χ0n) is 16.0. The van der Waals surface area contributed by atoms with Gasteiger partial charge in [-0.1, -0.05) is 55.5 Å². The topological polar surface area (TPSA) is 98.5 Å². The summed E-state index contributed by atoms with van der Waals surface area (Å²) in [6, 6.07) is 14.5. The molecule has 0 spiro atoms. The fraction of sp³-hybridized carbons (Fsp3) is 0.318. The highest BCUT2D eigenvalue weighted by molar-refractivity contribution is 5.98. The van der Waals surface area contributed by atoms with Crippen molar-refractivity contribution >= 4 is 17.8 Å². The summed E-state index contributed by atoms with van der Waals surface area (Å²) in [5.74, 6) is -2.41. The second-order valence-corrected chi connectivity index (χ2v) is 6.98. The van der Waals surface area contributed by atoms with E-state index in [2.05, 4.69) is 5.32 Å². The van der Waals surface area contributed by atoms with Crippen LogP contribution < -0.4 is 11.1 Å². The standard InChI is InChI=1S/C22H24N2O4/c1-3-28-18(25)12-13(2)20(21(23)26)24-22(27)19-16-10-6-4-8-14(16)15-9-5-7-11-17(15)19/h4-11,13,19-20H,3,12H2,1-2H3,(H2,23,26)(H,24,27)/t13-,20+/m1/s1. The summed E-state index contributed by atoms with van der Waals surface area (Å²) in [4.78, 5) is 36.9. The summed E-state index contributed by atoms with van der Waals surface area (Å²) in [7, 11) is 0. The van der Waals surface area contributed by atoms with Crippen LogP contribution in [-0.4, -0.2) is 30.4 Å². The van der Waals surface area contributed by atoms with Gasteiger partial charge < -0.3 is 15.8 Å². The van der Waals surface area contributed by atoms with E-state index in [0.29, 0.717) is 0 Å². The first kappa shape index (κ1) is 19.6. The molecule has 0 radical (unpaired) electrons. The van der Waals surface area contributed by atoms with Crippen molar-refractivity contribution < 1.29 is 19.1 Å². The maximum absolute atomic E-state index is 13.2. The first-order valence-corrected chi connectivity index (χ1v) is 9.37. The molecule has 0 fully saturated rings. The Labute approximate surface area is 164 Å². The molecule has 6 heteroatoms. The third kappa shape index (κ3) is 3.76. The largest absolute Gasteiger partial charge is 0.466 e. The summed E-state index contributed by atoms with van der Waals surface area (Å²) in [6.45, 7) is 3.67. The van der Waals surface area contributed by atoms with Crippen molar-refractivity contribution in [1.29, 1.82) is 0 Å². The first-order chi connectivity index (χ1) is 13.4. The fourth-order valence-electron chi connectivity index (χ4n) is 3.77. The molecule has 2 aromatic carbocycles. The van der Waals surface area contributed by atoms with Gasteiger partial charge in [-0.15, -0.1) is 0 Å². The number of esters is 1. The van der Waals surface area contributed by atoms with Crippen LogP contribution in [0.25, 0.3) is 11.1 Å². The molecule has 0 unspecified atom stereocenters. The van der Waals surface area contributed by atoms with Gasteiger partial charge in [-0.3, -0.25) is 14.4 Å². The lowest BCUT2D eigenvalue weighted by Gasteiger charge is -2.24. The molecule has 28 heavy (non-hydrogen) atoms. The number of carbonyl (C=O) groups is 3. The van der Waals surface area contributed by atoms with Crippen LogP contribution in [0.5, 0.6) is 0 Å². The van der Waals surface area contributed by atoms with Crippen molar-refractivity contribution in [1.82, 2.24) is 5.32 Å². The smallest absolute Gasteiger partial charge is 0.306 e. The number of ether oxygens (including phenoxy) is 1. The van der Waals surface area contributed by atoms with Crippen LogP contribution in [0.4, 0.5) is 0 Å². The molecule has 2 amide bonds. The third-order valence-corrected chi connectivity index (χ3v) is 5.06. The van der Waals surface area contributed by atoms with Gasteiger partial charge in [0.15, 0.2) is 0 Å². The normalized spacial score (nSPS) is 14.5. The summed E-state index contributed by atoms with van der Waals surface area (Å²) in [5, 5.41) is 2.77. The number of benzene rings is 2. The quantitative estimate of drug-likeness (QED) is 0.721. The molecule has 3 rings (SSSR count). The predicted molar refractivity (Wildman–Crippen MR) is 105 cm³/mol. The maximum Gasteiger partial charge on any atom is 0.306 e. The van der Waals surface area contributed by atoms with Gasteiger partial charge in [0.2, 0.25) is 11.8 Å². The van der Waals surface area contributed by atoms with E-state index in [1.165, 1.54) is 0 Å². The molecular weight excluding hydrogens is 356 g/mol. The van der Waals surface area contributed by atoms with Gasteiger partial charge in [0, 0.05) is 0 Å². The lowest BCUT2D eigenvalue weighted by molar-refractivity contribution is -0.144. The molecule has 3 N–H and O–H groups in total. The van der Waals surface area contributed by atoms with E-state index in [1.807, 2.05) is 48.5 Å². The van der Waals surface area contributed by atoms with Crippen molar-refractivity contribution in [3.63, 3.8) is 0 Å². The van der Waals surface area contributed by atoms with Crippen LogP contribution in [0, 0.1) is 5.92 Å². The number of fused-ring (bicyclic) bond motifs is 3. The number of nitrogens with one attached hydrogen (secondary N) is 1. The SMILES string of the molecule is CCOC(=O)C[C@@H](C)[C@H](NC(=O)C1c2ccccc2-c2ccccc21)C(N)=O. The van der Waals surface area contributed by atoms with Crippen LogP contribution in [-0.2, 0) is 19.1 Å². The van der Waals surface area contributed by atoms with Gasteiger partial charge in [0.25, 0.3) is 0 Å². The van der Waals surface area contributed by atoms with Gasteiger partial charge in [0.05, 0.1) is 18.9 Å². The Bertz CT molecular complexity index is 863. The summed E-state index contributed by atoms with van der Waals surface area (Å²) >= 11 is 0. The van der Waals surface area contributed by atoms with Crippen molar-refractivity contribution in [3.05, 3.63) is 59.7 Å². The molecule has 2 atom stereocenters. The number of hydrogen-bond acceptors (Lipinski definition) is 4. The lowest BCUT2D eigenvalue weighted by Crippen LogP contribution is -2.50. The van der Waals surface area contributed by atoms with Crippen molar-refractivity contribution in [2.45, 2.75) is 32.2 Å². The Morgan fingerprint density at radius 3 is 2.07 bits per heavy atom. The number of nitrogens with two attached hydrogens (primary N) is 1. The lowest BCUT2D eigenvalue weighted by atomic mass is 9.93. The van der Waals surface area contributed by atoms with E-state index in [4.69, 9.17) is 10.5 Å². The zero-order valence-corrected chi connectivity index (χ0v) is 16.0. The second-order valence-electron chi connectivity index (χ2n) is 6.98. The minimum atomic E-state index is -0.961. The Morgan fingerprint density at radius 2 is 1.57 bits per heavy atom. The average molecular weight is 380 g/mol. The van der Waals surface area contributed by atoms with Gasteiger partial charge in [-0.2, -0.15) is 0 Å². The molecular formula is C22H24N2O4. The fourth-order valence-corrected chi connectivity index (χ4v) is 3.77. The highest BCUT2D eigenvalue weighted by Crippen LogP contribution is 2.44. The van der Waals surface area contributed by atoms with Crippen LogP contribution >= 0.6 is 0 Å². The van der Waals surface area contributed by atoms with Gasteiger partial charge in [-0.25, -0.2) is 0 Å². The number of amides is 2. The molecule has 6 nitrogen and oxygen atoms in total. The van der Waals surface area contributed by atoms with E-state index in [-0.39, 0.29) is 18.9 Å². The van der Waals surface area contributed by atoms with Crippen LogP contribution in [0.1, 0.15) is 37.3 Å². The summed E-state index contributed by atoms with van der Waals surface area (Å²) in [6.07, 6.45) is -0.000429. The van der Waals surface area contributed by atoms with Crippen LogP contribution in [0.15, 0.2) is 48.5 Å². The monoisotopic (exact) mass is 380 g/mol. The van der Waals surface area contributed by atoms with Gasteiger partial charge >= 0.3 is 5.97 Å². The highest BCUT2D eigenvalue weighted by Gasteiger charge is 2.36. The number of hydrogen-bond donors (Lipinski definition) is 2. The molecule has 2 aromatic rings. The number of primary amides is 1. The van der Waals surface area contributed by atoms with E-state index >= 15 is 0 Å². The van der Waals surface area contributed by atoms with E-state index < -0.39 is 29.8 Å². The van der Waals surface area contributed by atoms with E-state index in [0.717, 1.165) is 22.3 Å². The van der Waals surface area contributed by atoms with Crippen molar-refractivity contribution in [2.24, 2.45) is 11.7 Å². The minimum absolute atomic E-state index is 0.000429. The molecule has 0 aromatic heterocycles. The molecule has 0 bridgehead atoms. The Hall–Kier alpha value is -3.15. The van der Waals surface area contributed by atoms with Crippen molar-refractivity contribution in [3.8, 4) is 11.1 Å². The second kappa shape index (κ2) is 8.25. The third-order valence-electron chi connectivity index (χ3n) is 5.06. The molecule has 0 saturated carbocycles. The van der Waals surface area contributed by atoms with Gasteiger partial charge in [-0.05, 0) is 35.1 Å². The molecule has 1 aliphatic carbocycles. The Balaban J connectivity index is 1.85. The highest BCUT2D eigenvalue weighted by atomic mass is 16.5. The maximum atomic E-state index is 13.2. The zero-order chi connectivity index (χ0) is 20.3. The Kier molecular flexibility index (Phi) is 5.78.